The van der Waals surface area contributed by atoms with Gasteiger partial charge in [-0.1, -0.05) is 27.2 Å². The Kier molecular flexibility index (Phi) is 5.63. The van der Waals surface area contributed by atoms with Crippen LogP contribution in [0.4, 0.5) is 5.82 Å². The molecule has 1 N–H and O–H groups in total. The Hall–Kier alpha value is -1.09. The van der Waals surface area contributed by atoms with Gasteiger partial charge in [0.25, 0.3) is 0 Å². The second-order valence-corrected chi connectivity index (χ2v) is 6.76. The summed E-state index contributed by atoms with van der Waals surface area (Å²) in [6.45, 7) is 14.3. The highest BCUT2D eigenvalue weighted by Gasteiger charge is 2.22. The first-order valence-electron chi connectivity index (χ1n) is 8.46. The number of anilines is 1. The van der Waals surface area contributed by atoms with Crippen molar-refractivity contribution in [2.24, 2.45) is 5.92 Å². The second-order valence-electron chi connectivity index (χ2n) is 6.76. The van der Waals surface area contributed by atoms with Gasteiger partial charge in [0.2, 0.25) is 0 Å². The number of nitrogens with zero attached hydrogens (tertiary/aromatic N) is 2. The molecule has 0 bridgehead atoms. The third kappa shape index (κ3) is 4.19. The molecular formula is C18H31N3. The van der Waals surface area contributed by atoms with Gasteiger partial charge in [-0.15, -0.1) is 0 Å². The lowest BCUT2D eigenvalue weighted by molar-refractivity contribution is 0.393. The molecule has 3 nitrogen and oxygen atoms in total. The average molecular weight is 289 g/mol. The first-order valence-corrected chi connectivity index (χ1v) is 8.46. The maximum atomic E-state index is 4.87. The van der Waals surface area contributed by atoms with Crippen molar-refractivity contribution in [2.45, 2.75) is 66.5 Å². The summed E-state index contributed by atoms with van der Waals surface area (Å²) < 4.78 is 0. The summed E-state index contributed by atoms with van der Waals surface area (Å²) in [4.78, 5) is 7.38. The number of hydrogen-bond acceptors (Lipinski definition) is 3. The van der Waals surface area contributed by atoms with E-state index >= 15 is 0 Å². The van der Waals surface area contributed by atoms with Crippen LogP contribution < -0.4 is 10.2 Å². The molecule has 1 aliphatic heterocycles. The molecule has 1 aliphatic rings. The summed E-state index contributed by atoms with van der Waals surface area (Å²) in [5.74, 6) is 2.12. The second kappa shape index (κ2) is 7.26. The van der Waals surface area contributed by atoms with Gasteiger partial charge < -0.3 is 10.2 Å². The molecule has 1 aromatic rings. The van der Waals surface area contributed by atoms with Crippen molar-refractivity contribution in [1.82, 2.24) is 10.3 Å². The molecule has 0 radical (unpaired) electrons. The van der Waals surface area contributed by atoms with E-state index in [1.807, 2.05) is 0 Å². The smallest absolute Gasteiger partial charge is 0.133 e. The molecule has 21 heavy (non-hydrogen) atoms. The minimum atomic E-state index is 0.504. The Morgan fingerprint density at radius 1 is 1.29 bits per heavy atom. The van der Waals surface area contributed by atoms with Gasteiger partial charge >= 0.3 is 0 Å². The molecule has 0 aliphatic carbocycles. The predicted molar refractivity (Wildman–Crippen MR) is 90.9 cm³/mol. The van der Waals surface area contributed by atoms with Crippen LogP contribution in [-0.4, -0.2) is 24.1 Å². The van der Waals surface area contributed by atoms with Crippen LogP contribution in [0, 0.1) is 19.8 Å². The van der Waals surface area contributed by atoms with Crippen LogP contribution in [0.5, 0.6) is 0 Å². The first-order chi connectivity index (χ1) is 10.0. The zero-order valence-electron chi connectivity index (χ0n) is 14.4. The fourth-order valence-corrected chi connectivity index (χ4v) is 3.18. The lowest BCUT2D eigenvalue weighted by Crippen LogP contribution is -2.35. The fraction of sp³-hybridized carbons (Fsp3) is 0.722. The summed E-state index contributed by atoms with van der Waals surface area (Å²) >= 11 is 0. The van der Waals surface area contributed by atoms with Gasteiger partial charge in [0.15, 0.2) is 0 Å². The molecule has 0 saturated carbocycles. The highest BCUT2D eigenvalue weighted by molar-refractivity contribution is 5.52. The van der Waals surface area contributed by atoms with Gasteiger partial charge in [0.05, 0.1) is 0 Å². The third-order valence-corrected chi connectivity index (χ3v) is 4.63. The van der Waals surface area contributed by atoms with Crippen LogP contribution in [-0.2, 0) is 6.54 Å². The molecule has 1 fully saturated rings. The van der Waals surface area contributed by atoms with E-state index in [9.17, 15) is 0 Å². The van der Waals surface area contributed by atoms with E-state index < -0.39 is 0 Å². The van der Waals surface area contributed by atoms with Gasteiger partial charge in [-0.05, 0) is 44.2 Å². The maximum absolute atomic E-state index is 4.87. The Morgan fingerprint density at radius 3 is 2.52 bits per heavy atom. The van der Waals surface area contributed by atoms with E-state index in [0.29, 0.717) is 6.04 Å². The number of aryl methyl sites for hydroxylation is 2. The third-order valence-electron chi connectivity index (χ3n) is 4.63. The molecule has 1 saturated heterocycles. The molecule has 3 heteroatoms. The topological polar surface area (TPSA) is 28.2 Å². The van der Waals surface area contributed by atoms with Crippen molar-refractivity contribution in [3.05, 3.63) is 22.9 Å². The van der Waals surface area contributed by atoms with Gasteiger partial charge in [-0.25, -0.2) is 4.98 Å². The van der Waals surface area contributed by atoms with E-state index in [0.717, 1.165) is 31.2 Å². The standard InChI is InChI=1S/C18H31N3/c1-6-16-7-9-21(10-8-16)18-17(12-19-13(2)3)14(4)11-15(5)20-18/h11,13,16,19H,6-10,12H2,1-5H3. The minimum Gasteiger partial charge on any atom is -0.356 e. The van der Waals surface area contributed by atoms with E-state index in [1.165, 1.54) is 36.2 Å². The predicted octanol–water partition coefficient (Wildman–Crippen LogP) is 3.82. The van der Waals surface area contributed by atoms with E-state index in [2.05, 4.69) is 50.9 Å². The Bertz CT molecular complexity index is 460. The largest absolute Gasteiger partial charge is 0.356 e. The van der Waals surface area contributed by atoms with Crippen LogP contribution in [0.1, 0.15) is 56.9 Å². The van der Waals surface area contributed by atoms with Crippen LogP contribution in [0.25, 0.3) is 0 Å². The normalized spacial score (nSPS) is 16.8. The quantitative estimate of drug-likeness (QED) is 0.893. The van der Waals surface area contributed by atoms with E-state index in [4.69, 9.17) is 4.98 Å². The lowest BCUT2D eigenvalue weighted by Gasteiger charge is -2.34. The summed E-state index contributed by atoms with van der Waals surface area (Å²) in [6.07, 6.45) is 3.93. The SMILES string of the molecule is CCC1CCN(c2nc(C)cc(C)c2CNC(C)C)CC1. The average Bonchev–Trinajstić information content (AvgIpc) is 2.45. The van der Waals surface area contributed by atoms with Crippen LogP contribution in [0.15, 0.2) is 6.07 Å². The summed E-state index contributed by atoms with van der Waals surface area (Å²) in [5, 5.41) is 3.55. The van der Waals surface area contributed by atoms with Gasteiger partial charge in [0.1, 0.15) is 5.82 Å². The Labute approximate surface area is 130 Å². The van der Waals surface area contributed by atoms with Gasteiger partial charge in [-0.2, -0.15) is 0 Å². The van der Waals surface area contributed by atoms with Crippen molar-refractivity contribution in [3.8, 4) is 0 Å². The van der Waals surface area contributed by atoms with Crippen LogP contribution in [0.3, 0.4) is 0 Å². The molecule has 2 rings (SSSR count). The molecule has 0 amide bonds. The Balaban J connectivity index is 2.20. The molecule has 118 valence electrons. The number of hydrogen-bond donors (Lipinski definition) is 1. The number of pyridine rings is 1. The molecule has 2 heterocycles. The summed E-state index contributed by atoms with van der Waals surface area (Å²) in [7, 11) is 0. The lowest BCUT2D eigenvalue weighted by atomic mass is 9.94. The zero-order valence-corrected chi connectivity index (χ0v) is 14.4. The maximum Gasteiger partial charge on any atom is 0.133 e. The van der Waals surface area contributed by atoms with Gasteiger partial charge in [-0.3, -0.25) is 0 Å². The van der Waals surface area contributed by atoms with Crippen molar-refractivity contribution in [2.75, 3.05) is 18.0 Å². The molecule has 0 spiro atoms. The highest BCUT2D eigenvalue weighted by atomic mass is 15.2. The molecule has 0 aromatic carbocycles. The van der Waals surface area contributed by atoms with Crippen molar-refractivity contribution < 1.29 is 0 Å². The number of piperidine rings is 1. The number of aromatic nitrogens is 1. The summed E-state index contributed by atoms with van der Waals surface area (Å²) in [5.41, 5.74) is 3.88. The molecule has 0 atom stereocenters. The molecular weight excluding hydrogens is 258 g/mol. The van der Waals surface area contributed by atoms with E-state index in [-0.39, 0.29) is 0 Å². The molecule has 1 aromatic heterocycles. The van der Waals surface area contributed by atoms with Crippen molar-refractivity contribution in [3.63, 3.8) is 0 Å². The van der Waals surface area contributed by atoms with Gasteiger partial charge in [0, 0.05) is 36.9 Å². The Morgan fingerprint density at radius 2 is 1.95 bits per heavy atom. The summed E-state index contributed by atoms with van der Waals surface area (Å²) in [6, 6.07) is 2.71. The van der Waals surface area contributed by atoms with Crippen LogP contribution in [0.2, 0.25) is 0 Å². The van der Waals surface area contributed by atoms with Crippen molar-refractivity contribution in [1.29, 1.82) is 0 Å². The fourth-order valence-electron chi connectivity index (χ4n) is 3.18. The van der Waals surface area contributed by atoms with E-state index in [1.54, 1.807) is 0 Å². The number of rotatable bonds is 5. The molecule has 0 unspecified atom stereocenters. The first kappa shape index (κ1) is 16.3. The zero-order chi connectivity index (χ0) is 15.4. The monoisotopic (exact) mass is 289 g/mol. The van der Waals surface area contributed by atoms with Crippen LogP contribution >= 0.6 is 0 Å². The van der Waals surface area contributed by atoms with Crippen molar-refractivity contribution >= 4 is 5.82 Å². The number of nitrogens with one attached hydrogen (secondary N) is 1. The highest BCUT2D eigenvalue weighted by Crippen LogP contribution is 2.28. The minimum absolute atomic E-state index is 0.504.